The molecule has 3 nitrogen and oxygen atoms in total. The first-order valence-corrected chi connectivity index (χ1v) is 4.02. The normalized spacial score (nSPS) is 16.4. The van der Waals surface area contributed by atoms with Gasteiger partial charge in [-0.2, -0.15) is 0 Å². The SMILES string of the molecule is O=S(=O)(Cl)C1=NC=[C+]1. The van der Waals surface area contributed by atoms with Gasteiger partial charge in [-0.15, -0.1) is 4.99 Å². The summed E-state index contributed by atoms with van der Waals surface area (Å²) in [6.07, 6.45) is 3.54. The van der Waals surface area contributed by atoms with Crippen LogP contribution in [0.3, 0.4) is 0 Å². The fourth-order valence-electron chi connectivity index (χ4n) is 0.251. The predicted octanol–water partition coefficient (Wildman–Crippen LogP) is 0.284. The average Bonchev–Trinajstić information content (AvgIpc) is 1.16. The highest BCUT2D eigenvalue weighted by Crippen LogP contribution is 2.07. The van der Waals surface area contributed by atoms with Gasteiger partial charge < -0.3 is 0 Å². The van der Waals surface area contributed by atoms with Crippen molar-refractivity contribution in [3.63, 3.8) is 0 Å². The summed E-state index contributed by atoms with van der Waals surface area (Å²) in [5.74, 6) is 0. The van der Waals surface area contributed by atoms with Gasteiger partial charge in [0, 0.05) is 10.7 Å². The van der Waals surface area contributed by atoms with Crippen LogP contribution in [-0.2, 0) is 9.05 Å². The molecule has 0 fully saturated rings. The van der Waals surface area contributed by atoms with E-state index in [-0.39, 0.29) is 5.04 Å². The highest BCUT2D eigenvalue weighted by atomic mass is 35.7. The Hall–Kier alpha value is -0.440. The van der Waals surface area contributed by atoms with Gasteiger partial charge in [-0.25, -0.2) is 8.42 Å². The molecule has 0 radical (unpaired) electrons. The topological polar surface area (TPSA) is 46.5 Å². The summed E-state index contributed by atoms with van der Waals surface area (Å²) in [5, 5.41) is -0.181. The van der Waals surface area contributed by atoms with Crippen LogP contribution in [0.25, 0.3) is 0 Å². The zero-order chi connectivity index (χ0) is 6.20. The van der Waals surface area contributed by atoms with Gasteiger partial charge in [0.15, 0.2) is 0 Å². The Kier molecular flexibility index (Phi) is 1.08. The third kappa shape index (κ3) is 0.865. The molecule has 0 aliphatic carbocycles. The fourth-order valence-corrected chi connectivity index (χ4v) is 0.876. The van der Waals surface area contributed by atoms with E-state index in [4.69, 9.17) is 10.7 Å². The minimum absolute atomic E-state index is 0.181. The third-order valence-electron chi connectivity index (χ3n) is 0.601. The van der Waals surface area contributed by atoms with Crippen LogP contribution in [0.1, 0.15) is 0 Å². The number of hydrogen-bond donors (Lipinski definition) is 0. The Morgan fingerprint density at radius 3 is 2.25 bits per heavy atom. The van der Waals surface area contributed by atoms with E-state index in [0.29, 0.717) is 0 Å². The van der Waals surface area contributed by atoms with Crippen LogP contribution in [0, 0.1) is 6.08 Å². The van der Waals surface area contributed by atoms with Crippen LogP contribution < -0.4 is 0 Å². The summed E-state index contributed by atoms with van der Waals surface area (Å²) in [5.41, 5.74) is 0. The molecule has 1 heterocycles. The zero-order valence-corrected chi connectivity index (χ0v) is 5.20. The lowest BCUT2D eigenvalue weighted by Gasteiger charge is -1.81. The van der Waals surface area contributed by atoms with Crippen LogP contribution in [0.5, 0.6) is 0 Å². The van der Waals surface area contributed by atoms with Crippen molar-refractivity contribution in [1.82, 2.24) is 0 Å². The van der Waals surface area contributed by atoms with Crippen molar-refractivity contribution in [2.75, 3.05) is 0 Å². The standard InChI is InChI=1S/C3HClNO2S/c4-8(6,7)3-1-2-5-3/h2H/q+1. The lowest BCUT2D eigenvalue weighted by Crippen LogP contribution is -2.08. The smallest absolute Gasteiger partial charge is 0.200 e. The van der Waals surface area contributed by atoms with Gasteiger partial charge in [0.1, 0.15) is 0 Å². The fraction of sp³-hybridized carbons (Fsp3) is 0. The molecular weight excluding hydrogens is 150 g/mol. The van der Waals surface area contributed by atoms with Gasteiger partial charge in [0.25, 0.3) is 6.20 Å². The lowest BCUT2D eigenvalue weighted by molar-refractivity contribution is 0.619. The van der Waals surface area contributed by atoms with Crippen LogP contribution in [0.15, 0.2) is 11.2 Å². The number of hydrogen-bond acceptors (Lipinski definition) is 3. The van der Waals surface area contributed by atoms with E-state index in [9.17, 15) is 8.42 Å². The minimum atomic E-state index is -3.59. The summed E-state index contributed by atoms with van der Waals surface area (Å²) in [6, 6.07) is 0. The Morgan fingerprint density at radius 2 is 2.25 bits per heavy atom. The zero-order valence-electron chi connectivity index (χ0n) is 3.63. The van der Waals surface area contributed by atoms with Crippen LogP contribution in [-0.4, -0.2) is 13.5 Å². The van der Waals surface area contributed by atoms with E-state index in [1.54, 1.807) is 0 Å². The predicted molar refractivity (Wildman–Crippen MR) is 30.0 cm³/mol. The van der Waals surface area contributed by atoms with Crippen LogP contribution in [0.4, 0.5) is 0 Å². The molecule has 0 aromatic heterocycles. The van der Waals surface area contributed by atoms with Crippen LogP contribution in [0.2, 0.25) is 0 Å². The van der Waals surface area contributed by atoms with Gasteiger partial charge in [0.2, 0.25) is 0 Å². The van der Waals surface area contributed by atoms with E-state index in [1.165, 1.54) is 6.20 Å². The molecule has 8 heavy (non-hydrogen) atoms. The third-order valence-corrected chi connectivity index (χ3v) is 1.72. The minimum Gasteiger partial charge on any atom is -0.200 e. The van der Waals surface area contributed by atoms with E-state index < -0.39 is 9.05 Å². The molecule has 42 valence electrons. The lowest BCUT2D eigenvalue weighted by atomic mass is 10.6. The maximum atomic E-state index is 10.2. The highest BCUT2D eigenvalue weighted by molar-refractivity contribution is 8.26. The van der Waals surface area contributed by atoms with Crippen molar-refractivity contribution in [3.8, 4) is 0 Å². The maximum absolute atomic E-state index is 10.2. The van der Waals surface area contributed by atoms with Crippen molar-refractivity contribution < 1.29 is 8.42 Å². The average molecular weight is 151 g/mol. The Labute approximate surface area is 51.1 Å². The molecule has 0 aromatic rings. The monoisotopic (exact) mass is 150 g/mol. The van der Waals surface area contributed by atoms with Gasteiger partial charge in [-0.05, 0) is 0 Å². The molecule has 1 aliphatic heterocycles. The highest BCUT2D eigenvalue weighted by Gasteiger charge is 2.31. The van der Waals surface area contributed by atoms with Gasteiger partial charge in [0.05, 0.1) is 0 Å². The largest absolute Gasteiger partial charge is 0.422 e. The molecule has 0 atom stereocenters. The quantitative estimate of drug-likeness (QED) is 0.368. The summed E-state index contributed by atoms with van der Waals surface area (Å²) in [7, 11) is 1.21. The second kappa shape index (κ2) is 1.52. The summed E-state index contributed by atoms with van der Waals surface area (Å²) >= 11 is 0. The molecule has 0 amide bonds. The second-order valence-corrected chi connectivity index (χ2v) is 3.63. The molecule has 0 saturated heterocycles. The van der Waals surface area contributed by atoms with Gasteiger partial charge in [-0.3, -0.25) is 0 Å². The molecular formula is C3HClNO2S+. The Bertz CT molecular complexity index is 250. The first kappa shape index (κ1) is 5.69. The van der Waals surface area contributed by atoms with Crippen molar-refractivity contribution >= 4 is 24.8 Å². The van der Waals surface area contributed by atoms with E-state index >= 15 is 0 Å². The maximum Gasteiger partial charge on any atom is 0.422 e. The van der Waals surface area contributed by atoms with Crippen LogP contribution >= 0.6 is 10.7 Å². The van der Waals surface area contributed by atoms with Crippen molar-refractivity contribution in [1.29, 1.82) is 0 Å². The first-order chi connectivity index (χ1) is 3.61. The molecule has 1 aliphatic rings. The van der Waals surface area contributed by atoms with E-state index in [0.717, 1.165) is 0 Å². The van der Waals surface area contributed by atoms with Crippen molar-refractivity contribution in [2.24, 2.45) is 4.99 Å². The summed E-state index contributed by atoms with van der Waals surface area (Å²) in [6.45, 7) is 0. The molecule has 0 N–H and O–H groups in total. The number of halogens is 1. The summed E-state index contributed by atoms with van der Waals surface area (Å²) in [4.78, 5) is 3.30. The number of rotatable bonds is 0. The molecule has 0 unspecified atom stereocenters. The second-order valence-electron chi connectivity index (χ2n) is 1.15. The van der Waals surface area contributed by atoms with Gasteiger partial charge >= 0.3 is 20.2 Å². The molecule has 0 bridgehead atoms. The molecule has 1 rings (SSSR count). The molecule has 0 saturated carbocycles. The van der Waals surface area contributed by atoms with Crippen molar-refractivity contribution in [2.45, 2.75) is 0 Å². The van der Waals surface area contributed by atoms with Crippen molar-refractivity contribution in [3.05, 3.63) is 12.3 Å². The molecule has 5 heteroatoms. The Balaban J connectivity index is 2.93. The van der Waals surface area contributed by atoms with E-state index in [1.807, 2.05) is 0 Å². The molecule has 0 aromatic carbocycles. The first-order valence-electron chi connectivity index (χ1n) is 1.71. The summed E-state index contributed by atoms with van der Waals surface area (Å²) < 4.78 is 20.3. The Morgan fingerprint density at radius 1 is 1.75 bits per heavy atom. The number of nitrogens with zero attached hydrogens (tertiary/aromatic N) is 1. The van der Waals surface area contributed by atoms with Gasteiger partial charge in [-0.1, -0.05) is 0 Å². The number of aliphatic imine (C=N–C) groups is 1. The molecule has 0 spiro atoms. The van der Waals surface area contributed by atoms with E-state index in [2.05, 4.69) is 11.1 Å².